The van der Waals surface area contributed by atoms with Crippen LogP contribution < -0.4 is 16.4 Å². The van der Waals surface area contributed by atoms with Crippen LogP contribution in [0.1, 0.15) is 6.42 Å². The molecular weight excluding hydrogens is 338 g/mol. The summed E-state index contributed by atoms with van der Waals surface area (Å²) in [7, 11) is 0. The SMILES string of the molecule is N[C@]1(C(=O)O)C[C@@H](NC(=O)Nc2ccc(Cl)cc2)[C@@H]2[C@@H](C(=O)O)[C@H]21. The smallest absolute Gasteiger partial charge is 0.324 e. The van der Waals surface area contributed by atoms with Crippen LogP contribution in [-0.4, -0.2) is 39.8 Å². The van der Waals surface area contributed by atoms with Gasteiger partial charge in [-0.05, 0) is 36.6 Å². The van der Waals surface area contributed by atoms with Gasteiger partial charge in [0, 0.05) is 22.7 Å². The topological polar surface area (TPSA) is 142 Å². The summed E-state index contributed by atoms with van der Waals surface area (Å²) in [6, 6.07) is 5.29. The number of aliphatic carboxylic acids is 2. The molecule has 6 N–H and O–H groups in total. The molecule has 2 aliphatic rings. The lowest BCUT2D eigenvalue weighted by atomic mass is 9.90. The van der Waals surface area contributed by atoms with Crippen LogP contribution in [0, 0.1) is 17.8 Å². The van der Waals surface area contributed by atoms with Crippen LogP contribution in [0.3, 0.4) is 0 Å². The predicted octanol–water partition coefficient (Wildman–Crippen LogP) is 0.963. The molecular formula is C15H16ClN3O5. The van der Waals surface area contributed by atoms with E-state index in [0.29, 0.717) is 10.7 Å². The summed E-state index contributed by atoms with van der Waals surface area (Å²) in [4.78, 5) is 34.8. The molecule has 0 aromatic heterocycles. The summed E-state index contributed by atoms with van der Waals surface area (Å²) in [5, 5.41) is 24.3. The molecule has 2 aliphatic carbocycles. The van der Waals surface area contributed by atoms with E-state index < -0.39 is 47.3 Å². The van der Waals surface area contributed by atoms with E-state index in [1.807, 2.05) is 0 Å². The zero-order valence-electron chi connectivity index (χ0n) is 12.4. The number of carboxylic acids is 2. The highest BCUT2D eigenvalue weighted by molar-refractivity contribution is 6.30. The number of fused-ring (bicyclic) bond motifs is 1. The van der Waals surface area contributed by atoms with Gasteiger partial charge >= 0.3 is 18.0 Å². The number of benzene rings is 1. The molecule has 0 saturated heterocycles. The molecule has 0 radical (unpaired) electrons. The molecule has 0 spiro atoms. The van der Waals surface area contributed by atoms with E-state index in [9.17, 15) is 24.6 Å². The van der Waals surface area contributed by atoms with E-state index in [4.69, 9.17) is 17.3 Å². The van der Waals surface area contributed by atoms with Crippen molar-refractivity contribution in [3.8, 4) is 0 Å². The second-order valence-corrected chi connectivity index (χ2v) is 6.67. The zero-order valence-corrected chi connectivity index (χ0v) is 13.2. The Labute approximate surface area is 142 Å². The summed E-state index contributed by atoms with van der Waals surface area (Å²) in [6.07, 6.45) is -0.00448. The van der Waals surface area contributed by atoms with E-state index in [1.54, 1.807) is 24.3 Å². The van der Waals surface area contributed by atoms with Crippen LogP contribution in [0.4, 0.5) is 10.5 Å². The highest BCUT2D eigenvalue weighted by Gasteiger charge is 2.74. The van der Waals surface area contributed by atoms with Gasteiger partial charge in [-0.3, -0.25) is 9.59 Å². The van der Waals surface area contributed by atoms with E-state index in [0.717, 1.165) is 0 Å². The van der Waals surface area contributed by atoms with Gasteiger partial charge in [0.15, 0.2) is 0 Å². The number of carbonyl (C=O) groups is 3. The molecule has 128 valence electrons. The number of carboxylic acid groups (broad SMARTS) is 2. The van der Waals surface area contributed by atoms with Crippen molar-refractivity contribution in [3.63, 3.8) is 0 Å². The molecule has 5 atom stereocenters. The third-order valence-corrected chi connectivity index (χ3v) is 5.05. The van der Waals surface area contributed by atoms with Gasteiger partial charge in [0.1, 0.15) is 5.54 Å². The predicted molar refractivity (Wildman–Crippen MR) is 84.7 cm³/mol. The lowest BCUT2D eigenvalue weighted by Crippen LogP contribution is -2.52. The molecule has 0 unspecified atom stereocenters. The summed E-state index contributed by atoms with van der Waals surface area (Å²) in [6.45, 7) is 0. The van der Waals surface area contributed by atoms with Gasteiger partial charge in [-0.25, -0.2) is 4.79 Å². The van der Waals surface area contributed by atoms with Gasteiger partial charge in [0.2, 0.25) is 0 Å². The average Bonchev–Trinajstić information content (AvgIpc) is 3.18. The number of urea groups is 1. The van der Waals surface area contributed by atoms with Crippen LogP contribution >= 0.6 is 11.6 Å². The van der Waals surface area contributed by atoms with Crippen molar-refractivity contribution in [3.05, 3.63) is 29.3 Å². The fraction of sp³-hybridized carbons (Fsp3) is 0.400. The van der Waals surface area contributed by atoms with Gasteiger partial charge < -0.3 is 26.6 Å². The molecule has 2 fully saturated rings. The van der Waals surface area contributed by atoms with Crippen molar-refractivity contribution in [2.24, 2.45) is 23.5 Å². The zero-order chi connectivity index (χ0) is 17.6. The summed E-state index contributed by atoms with van der Waals surface area (Å²) < 4.78 is 0. The largest absolute Gasteiger partial charge is 0.481 e. The van der Waals surface area contributed by atoms with Gasteiger partial charge in [0.25, 0.3) is 0 Å². The minimum atomic E-state index is -1.63. The van der Waals surface area contributed by atoms with Crippen molar-refractivity contribution in [1.82, 2.24) is 5.32 Å². The molecule has 3 rings (SSSR count). The Morgan fingerprint density at radius 3 is 2.38 bits per heavy atom. The fourth-order valence-electron chi connectivity index (χ4n) is 3.70. The second-order valence-electron chi connectivity index (χ2n) is 6.23. The average molecular weight is 354 g/mol. The highest BCUT2D eigenvalue weighted by atomic mass is 35.5. The third kappa shape index (κ3) is 2.67. The Bertz CT molecular complexity index is 710. The van der Waals surface area contributed by atoms with Gasteiger partial charge in [-0.1, -0.05) is 11.6 Å². The second kappa shape index (κ2) is 5.64. The lowest BCUT2D eigenvalue weighted by Gasteiger charge is -2.25. The molecule has 0 bridgehead atoms. The van der Waals surface area contributed by atoms with Crippen LogP contribution in [0.2, 0.25) is 5.02 Å². The Hall–Kier alpha value is -2.32. The maximum absolute atomic E-state index is 12.1. The minimum absolute atomic E-state index is 0.00448. The lowest BCUT2D eigenvalue weighted by molar-refractivity contribution is -0.145. The third-order valence-electron chi connectivity index (χ3n) is 4.79. The molecule has 0 aliphatic heterocycles. The van der Waals surface area contributed by atoms with E-state index in [1.165, 1.54) is 0 Å². The van der Waals surface area contributed by atoms with Gasteiger partial charge in [-0.2, -0.15) is 0 Å². The highest BCUT2D eigenvalue weighted by Crippen LogP contribution is 2.61. The number of nitrogens with one attached hydrogen (secondary N) is 2. The Morgan fingerprint density at radius 2 is 1.83 bits per heavy atom. The van der Waals surface area contributed by atoms with Crippen LogP contribution in [0.5, 0.6) is 0 Å². The summed E-state index contributed by atoms with van der Waals surface area (Å²) in [5.74, 6) is -4.33. The normalized spacial score (nSPS) is 33.4. The van der Waals surface area contributed by atoms with Crippen molar-refractivity contribution < 1.29 is 24.6 Å². The number of hydrogen-bond donors (Lipinski definition) is 5. The number of halogens is 1. The number of hydrogen-bond acceptors (Lipinski definition) is 4. The number of anilines is 1. The maximum atomic E-state index is 12.1. The van der Waals surface area contributed by atoms with E-state index >= 15 is 0 Å². The minimum Gasteiger partial charge on any atom is -0.481 e. The Morgan fingerprint density at radius 1 is 1.21 bits per heavy atom. The van der Waals surface area contributed by atoms with Crippen LogP contribution in [0.25, 0.3) is 0 Å². The molecule has 1 aromatic rings. The first-order chi connectivity index (χ1) is 11.2. The van der Waals surface area contributed by atoms with Gasteiger partial charge in [-0.15, -0.1) is 0 Å². The first-order valence-corrected chi connectivity index (χ1v) is 7.70. The number of nitrogens with two attached hydrogens (primary N) is 1. The first-order valence-electron chi connectivity index (χ1n) is 7.32. The number of rotatable bonds is 4. The van der Waals surface area contributed by atoms with E-state index in [-0.39, 0.29) is 6.42 Å². The Balaban J connectivity index is 1.69. The van der Waals surface area contributed by atoms with Crippen molar-refractivity contribution in [2.45, 2.75) is 18.0 Å². The molecule has 24 heavy (non-hydrogen) atoms. The molecule has 2 saturated carbocycles. The molecule has 0 heterocycles. The van der Waals surface area contributed by atoms with E-state index in [2.05, 4.69) is 10.6 Å². The fourth-order valence-corrected chi connectivity index (χ4v) is 3.83. The van der Waals surface area contributed by atoms with Gasteiger partial charge in [0.05, 0.1) is 5.92 Å². The van der Waals surface area contributed by atoms with Crippen LogP contribution in [-0.2, 0) is 9.59 Å². The quantitative estimate of drug-likeness (QED) is 0.546. The summed E-state index contributed by atoms with van der Waals surface area (Å²) in [5.41, 5.74) is 4.78. The van der Waals surface area contributed by atoms with Crippen molar-refractivity contribution >= 4 is 35.3 Å². The molecule has 1 aromatic carbocycles. The van der Waals surface area contributed by atoms with Crippen LogP contribution in [0.15, 0.2) is 24.3 Å². The van der Waals surface area contributed by atoms with Crippen molar-refractivity contribution in [1.29, 1.82) is 0 Å². The first kappa shape index (κ1) is 16.5. The standard InChI is InChI=1S/C15H16ClN3O5/c16-6-1-3-7(4-2-6)18-14(24)19-8-5-15(17,13(22)23)11-9(8)10(11)12(20)21/h1-4,8-11H,5,17H2,(H,20,21)(H,22,23)(H2,18,19,24)/t8-,9-,10-,11+,15-/m1/s1. The molecule has 2 amide bonds. The molecule has 9 heteroatoms. The monoisotopic (exact) mass is 353 g/mol. The molecule has 8 nitrogen and oxygen atoms in total. The van der Waals surface area contributed by atoms with Crippen molar-refractivity contribution in [2.75, 3.05) is 5.32 Å². The number of amides is 2. The number of carbonyl (C=O) groups excluding carboxylic acids is 1. The Kier molecular flexibility index (Phi) is 3.89. The summed E-state index contributed by atoms with van der Waals surface area (Å²) >= 11 is 5.76. The maximum Gasteiger partial charge on any atom is 0.324 e.